The van der Waals surface area contributed by atoms with E-state index in [1.807, 2.05) is 17.4 Å². The summed E-state index contributed by atoms with van der Waals surface area (Å²) in [5.41, 5.74) is 2.32. The lowest BCUT2D eigenvalue weighted by atomic mass is 9.83. The van der Waals surface area contributed by atoms with Crippen LogP contribution in [0.3, 0.4) is 0 Å². The van der Waals surface area contributed by atoms with Crippen molar-refractivity contribution in [3.8, 4) is 11.3 Å². The molecule has 0 bridgehead atoms. The second kappa shape index (κ2) is 5.76. The molecule has 19 heavy (non-hydrogen) atoms. The number of aromatic nitrogens is 1. The summed E-state index contributed by atoms with van der Waals surface area (Å²) in [5, 5.41) is 3.53. The van der Waals surface area contributed by atoms with E-state index in [2.05, 4.69) is 46.4 Å². The monoisotopic (exact) mass is 335 g/mol. The summed E-state index contributed by atoms with van der Waals surface area (Å²) in [6.45, 7) is 2.37. The first-order valence-electron chi connectivity index (χ1n) is 6.94. The lowest BCUT2D eigenvalue weighted by Gasteiger charge is -2.24. The van der Waals surface area contributed by atoms with Gasteiger partial charge in [0.1, 0.15) is 0 Å². The molecule has 3 rings (SSSR count). The normalized spacial score (nSPS) is 23.5. The van der Waals surface area contributed by atoms with Gasteiger partial charge in [-0.1, -0.05) is 53.9 Å². The third-order valence-corrected chi connectivity index (χ3v) is 5.74. The summed E-state index contributed by atoms with van der Waals surface area (Å²) in [7, 11) is 0. The van der Waals surface area contributed by atoms with Gasteiger partial charge in [-0.05, 0) is 24.8 Å². The fourth-order valence-corrected chi connectivity index (χ4v) is 4.25. The molecule has 0 N–H and O–H groups in total. The minimum Gasteiger partial charge on any atom is -0.241 e. The SMILES string of the molecule is CC1CCC(c2nc(-c3ccccc3Br)cs2)CC1. The smallest absolute Gasteiger partial charge is 0.0963 e. The highest BCUT2D eigenvalue weighted by atomic mass is 79.9. The van der Waals surface area contributed by atoms with Crippen LogP contribution in [0, 0.1) is 5.92 Å². The van der Waals surface area contributed by atoms with E-state index in [4.69, 9.17) is 4.98 Å². The number of hydrogen-bond donors (Lipinski definition) is 0. The van der Waals surface area contributed by atoms with Gasteiger partial charge in [-0.25, -0.2) is 4.98 Å². The molecule has 100 valence electrons. The summed E-state index contributed by atoms with van der Waals surface area (Å²) in [5.74, 6) is 1.59. The van der Waals surface area contributed by atoms with E-state index in [1.54, 1.807) is 0 Å². The second-order valence-electron chi connectivity index (χ2n) is 5.51. The molecule has 1 nitrogen and oxygen atoms in total. The topological polar surface area (TPSA) is 12.9 Å². The van der Waals surface area contributed by atoms with E-state index in [9.17, 15) is 0 Å². The molecule has 0 aliphatic heterocycles. The van der Waals surface area contributed by atoms with Crippen molar-refractivity contribution in [2.45, 2.75) is 38.5 Å². The molecule has 1 saturated carbocycles. The van der Waals surface area contributed by atoms with Crippen LogP contribution in [0.1, 0.15) is 43.5 Å². The van der Waals surface area contributed by atoms with Gasteiger partial charge in [0.05, 0.1) is 10.7 Å². The van der Waals surface area contributed by atoms with Gasteiger partial charge >= 0.3 is 0 Å². The van der Waals surface area contributed by atoms with Gasteiger partial charge in [-0.15, -0.1) is 11.3 Å². The van der Waals surface area contributed by atoms with E-state index in [1.165, 1.54) is 36.3 Å². The largest absolute Gasteiger partial charge is 0.241 e. The van der Waals surface area contributed by atoms with Crippen molar-refractivity contribution in [2.24, 2.45) is 5.92 Å². The Labute approximate surface area is 127 Å². The summed E-state index contributed by atoms with van der Waals surface area (Å²) < 4.78 is 1.13. The number of rotatable bonds is 2. The van der Waals surface area contributed by atoms with Crippen molar-refractivity contribution in [3.05, 3.63) is 39.1 Å². The Hall–Kier alpha value is -0.670. The van der Waals surface area contributed by atoms with Gasteiger partial charge in [0.25, 0.3) is 0 Å². The highest BCUT2D eigenvalue weighted by Crippen LogP contribution is 2.38. The molecular weight excluding hydrogens is 318 g/mol. The first-order chi connectivity index (χ1) is 9.24. The predicted octanol–water partition coefficient (Wildman–Crippen LogP) is 5.87. The van der Waals surface area contributed by atoms with E-state index in [0.29, 0.717) is 5.92 Å². The number of benzene rings is 1. The van der Waals surface area contributed by atoms with Crippen molar-refractivity contribution in [1.82, 2.24) is 4.98 Å². The summed E-state index contributed by atoms with van der Waals surface area (Å²) in [6, 6.07) is 8.33. The minimum absolute atomic E-state index is 0.692. The van der Waals surface area contributed by atoms with E-state index in [0.717, 1.165) is 16.1 Å². The van der Waals surface area contributed by atoms with E-state index < -0.39 is 0 Å². The lowest BCUT2D eigenvalue weighted by molar-refractivity contribution is 0.347. The zero-order valence-electron chi connectivity index (χ0n) is 11.1. The Morgan fingerprint density at radius 3 is 2.63 bits per heavy atom. The molecule has 0 amide bonds. The summed E-state index contributed by atoms with van der Waals surface area (Å²) >= 11 is 5.44. The third-order valence-electron chi connectivity index (χ3n) is 4.04. The fraction of sp³-hybridized carbons (Fsp3) is 0.438. The van der Waals surface area contributed by atoms with Crippen LogP contribution in [0.15, 0.2) is 34.1 Å². The standard InChI is InChI=1S/C16H18BrNS/c1-11-6-8-12(9-7-11)16-18-15(10-19-16)13-4-2-3-5-14(13)17/h2-5,10-12H,6-9H2,1H3. The molecule has 3 heteroatoms. The predicted molar refractivity (Wildman–Crippen MR) is 85.6 cm³/mol. The molecule has 0 atom stereocenters. The number of nitrogens with zero attached hydrogens (tertiary/aromatic N) is 1. The molecule has 2 aromatic rings. The molecule has 1 aromatic carbocycles. The van der Waals surface area contributed by atoms with Gasteiger partial charge in [0.15, 0.2) is 0 Å². The summed E-state index contributed by atoms with van der Waals surface area (Å²) in [4.78, 5) is 4.88. The first kappa shape index (κ1) is 13.3. The average molecular weight is 336 g/mol. The molecule has 1 heterocycles. The van der Waals surface area contributed by atoms with Gasteiger partial charge in [0, 0.05) is 21.3 Å². The van der Waals surface area contributed by atoms with Gasteiger partial charge < -0.3 is 0 Å². The van der Waals surface area contributed by atoms with Crippen molar-refractivity contribution in [3.63, 3.8) is 0 Å². The second-order valence-corrected chi connectivity index (χ2v) is 7.25. The Balaban J connectivity index is 1.82. The maximum absolute atomic E-state index is 4.88. The van der Waals surface area contributed by atoms with Gasteiger partial charge in [-0.2, -0.15) is 0 Å². The number of halogens is 1. The Morgan fingerprint density at radius 1 is 1.16 bits per heavy atom. The highest BCUT2D eigenvalue weighted by Gasteiger charge is 2.22. The Morgan fingerprint density at radius 2 is 1.89 bits per heavy atom. The third kappa shape index (κ3) is 2.92. The van der Waals surface area contributed by atoms with Crippen LogP contribution >= 0.6 is 27.3 Å². The van der Waals surface area contributed by atoms with Crippen LogP contribution in [-0.4, -0.2) is 4.98 Å². The van der Waals surface area contributed by atoms with E-state index in [-0.39, 0.29) is 0 Å². The van der Waals surface area contributed by atoms with Crippen molar-refractivity contribution in [1.29, 1.82) is 0 Å². The average Bonchev–Trinajstić information content (AvgIpc) is 2.89. The van der Waals surface area contributed by atoms with Crippen LogP contribution in [0.5, 0.6) is 0 Å². The first-order valence-corrected chi connectivity index (χ1v) is 8.61. The molecule has 0 radical (unpaired) electrons. The number of thiazole rings is 1. The molecule has 1 aliphatic carbocycles. The van der Waals surface area contributed by atoms with Crippen molar-refractivity contribution in [2.75, 3.05) is 0 Å². The maximum atomic E-state index is 4.88. The molecule has 0 spiro atoms. The molecule has 1 fully saturated rings. The molecule has 0 unspecified atom stereocenters. The van der Waals surface area contributed by atoms with Crippen LogP contribution < -0.4 is 0 Å². The van der Waals surface area contributed by atoms with Crippen molar-refractivity contribution < 1.29 is 0 Å². The fourth-order valence-electron chi connectivity index (χ4n) is 2.77. The van der Waals surface area contributed by atoms with Crippen molar-refractivity contribution >= 4 is 27.3 Å². The zero-order chi connectivity index (χ0) is 13.2. The minimum atomic E-state index is 0.692. The molecule has 1 aromatic heterocycles. The maximum Gasteiger partial charge on any atom is 0.0963 e. The Bertz CT molecular complexity index is 555. The van der Waals surface area contributed by atoms with Crippen LogP contribution in [0.4, 0.5) is 0 Å². The zero-order valence-corrected chi connectivity index (χ0v) is 13.5. The molecular formula is C16H18BrNS. The van der Waals surface area contributed by atoms with Crippen LogP contribution in [0.25, 0.3) is 11.3 Å². The lowest BCUT2D eigenvalue weighted by Crippen LogP contribution is -2.10. The van der Waals surface area contributed by atoms with Crippen LogP contribution in [-0.2, 0) is 0 Å². The summed E-state index contributed by atoms with van der Waals surface area (Å²) in [6.07, 6.45) is 5.33. The highest BCUT2D eigenvalue weighted by molar-refractivity contribution is 9.10. The van der Waals surface area contributed by atoms with Gasteiger partial charge in [0.2, 0.25) is 0 Å². The molecule has 0 saturated heterocycles. The van der Waals surface area contributed by atoms with Gasteiger partial charge in [-0.3, -0.25) is 0 Å². The molecule has 1 aliphatic rings. The van der Waals surface area contributed by atoms with E-state index >= 15 is 0 Å². The quantitative estimate of drug-likeness (QED) is 0.669. The Kier molecular flexibility index (Phi) is 4.04. The number of hydrogen-bond acceptors (Lipinski definition) is 2. The van der Waals surface area contributed by atoms with Crippen LogP contribution in [0.2, 0.25) is 0 Å².